The zero-order valence-electron chi connectivity index (χ0n) is 14.1. The summed E-state index contributed by atoms with van der Waals surface area (Å²) in [6.07, 6.45) is 1.76. The molecule has 0 aliphatic heterocycles. The van der Waals surface area contributed by atoms with Crippen LogP contribution >= 0.6 is 0 Å². The average Bonchev–Trinajstić information content (AvgIpc) is 2.86. The quantitative estimate of drug-likeness (QED) is 0.804. The zero-order valence-corrected chi connectivity index (χ0v) is 14.1. The van der Waals surface area contributed by atoms with Gasteiger partial charge in [0.2, 0.25) is 0 Å². The predicted octanol–water partition coefficient (Wildman–Crippen LogP) is 3.22. The van der Waals surface area contributed by atoms with Gasteiger partial charge in [0.15, 0.2) is 0 Å². The summed E-state index contributed by atoms with van der Waals surface area (Å²) in [6.45, 7) is 5.63. The summed E-state index contributed by atoms with van der Waals surface area (Å²) in [6, 6.07) is 5.93. The van der Waals surface area contributed by atoms with Crippen LogP contribution in [0.4, 0.5) is 4.39 Å². The van der Waals surface area contributed by atoms with Gasteiger partial charge in [0.25, 0.3) is 5.91 Å². The summed E-state index contributed by atoms with van der Waals surface area (Å²) in [4.78, 5) is 17.0. The fourth-order valence-corrected chi connectivity index (χ4v) is 2.76. The van der Waals surface area contributed by atoms with E-state index in [9.17, 15) is 9.18 Å². The normalized spacial score (nSPS) is 12.4. The fraction of sp³-hybridized carbons (Fsp3) is 0.278. The maximum absolute atomic E-state index is 13.3. The molecule has 0 saturated heterocycles. The van der Waals surface area contributed by atoms with Crippen LogP contribution in [0.25, 0.3) is 10.9 Å². The molecule has 3 aromatic rings. The SMILES string of the molecule is Cc1nc2cc(F)ccc2cc1C(=O)N[C@H](C)c1cnn(C)c1C. The van der Waals surface area contributed by atoms with Crippen LogP contribution in [0.5, 0.6) is 0 Å². The molecule has 2 heterocycles. The second kappa shape index (κ2) is 6.03. The number of fused-ring (bicyclic) bond motifs is 1. The van der Waals surface area contributed by atoms with Gasteiger partial charge in [-0.15, -0.1) is 0 Å². The Hall–Kier alpha value is -2.76. The number of carbonyl (C=O) groups excluding carboxylic acids is 1. The van der Waals surface area contributed by atoms with E-state index in [2.05, 4.69) is 15.4 Å². The lowest BCUT2D eigenvalue weighted by molar-refractivity contribution is 0.0939. The first-order valence-electron chi connectivity index (χ1n) is 7.73. The molecule has 6 heteroatoms. The van der Waals surface area contributed by atoms with Gasteiger partial charge >= 0.3 is 0 Å². The van der Waals surface area contributed by atoms with E-state index < -0.39 is 0 Å². The van der Waals surface area contributed by atoms with Crippen LogP contribution in [-0.4, -0.2) is 20.7 Å². The van der Waals surface area contributed by atoms with E-state index in [0.717, 1.165) is 16.6 Å². The summed E-state index contributed by atoms with van der Waals surface area (Å²) >= 11 is 0. The van der Waals surface area contributed by atoms with Crippen LogP contribution in [0.15, 0.2) is 30.5 Å². The van der Waals surface area contributed by atoms with Gasteiger partial charge in [-0.1, -0.05) is 0 Å². The first-order valence-corrected chi connectivity index (χ1v) is 7.73. The Balaban J connectivity index is 1.89. The molecule has 0 bridgehead atoms. The Morgan fingerprint density at radius 1 is 1.29 bits per heavy atom. The smallest absolute Gasteiger partial charge is 0.253 e. The van der Waals surface area contributed by atoms with Crippen LogP contribution in [0, 0.1) is 19.7 Å². The molecule has 0 unspecified atom stereocenters. The highest BCUT2D eigenvalue weighted by atomic mass is 19.1. The number of halogens is 1. The number of rotatable bonds is 3. The van der Waals surface area contributed by atoms with Gasteiger partial charge < -0.3 is 5.32 Å². The molecule has 5 nitrogen and oxygen atoms in total. The second-order valence-electron chi connectivity index (χ2n) is 5.96. The first kappa shape index (κ1) is 16.1. The zero-order chi connectivity index (χ0) is 17.4. The lowest BCUT2D eigenvalue weighted by Crippen LogP contribution is -2.27. The van der Waals surface area contributed by atoms with Crippen molar-refractivity contribution in [1.82, 2.24) is 20.1 Å². The Morgan fingerprint density at radius 3 is 2.71 bits per heavy atom. The molecule has 0 saturated carbocycles. The molecular weight excluding hydrogens is 307 g/mol. The maximum atomic E-state index is 13.3. The van der Waals surface area contributed by atoms with Gasteiger partial charge in [-0.3, -0.25) is 14.5 Å². The van der Waals surface area contributed by atoms with Gasteiger partial charge in [-0.2, -0.15) is 5.10 Å². The highest BCUT2D eigenvalue weighted by molar-refractivity contribution is 5.98. The van der Waals surface area contributed by atoms with Crippen LogP contribution in [0.3, 0.4) is 0 Å². The fourth-order valence-electron chi connectivity index (χ4n) is 2.76. The molecule has 1 atom stereocenters. The second-order valence-corrected chi connectivity index (χ2v) is 5.96. The first-order chi connectivity index (χ1) is 11.4. The molecule has 1 aromatic carbocycles. The Morgan fingerprint density at radius 2 is 2.04 bits per heavy atom. The van der Waals surface area contributed by atoms with Gasteiger partial charge in [-0.25, -0.2) is 4.39 Å². The van der Waals surface area contributed by atoms with E-state index in [1.807, 2.05) is 20.9 Å². The van der Waals surface area contributed by atoms with E-state index >= 15 is 0 Å². The molecule has 24 heavy (non-hydrogen) atoms. The van der Waals surface area contributed by atoms with Crippen molar-refractivity contribution in [3.05, 3.63) is 58.8 Å². The van der Waals surface area contributed by atoms with Gasteiger partial charge in [0.05, 0.1) is 29.0 Å². The minimum atomic E-state index is -0.340. The van der Waals surface area contributed by atoms with Crippen molar-refractivity contribution in [3.8, 4) is 0 Å². The van der Waals surface area contributed by atoms with Crippen LogP contribution < -0.4 is 5.32 Å². The number of aryl methyl sites for hydroxylation is 2. The van der Waals surface area contributed by atoms with Crippen LogP contribution in [-0.2, 0) is 7.05 Å². The summed E-state index contributed by atoms with van der Waals surface area (Å²) in [5.41, 5.74) is 3.58. The van der Waals surface area contributed by atoms with Crippen LogP contribution in [0.2, 0.25) is 0 Å². The molecule has 0 aliphatic carbocycles. The minimum absolute atomic E-state index is 0.172. The van der Waals surface area contributed by atoms with Gasteiger partial charge in [0.1, 0.15) is 5.82 Å². The lowest BCUT2D eigenvalue weighted by atomic mass is 10.1. The molecular formula is C18H19FN4O. The number of benzene rings is 1. The van der Waals surface area contributed by atoms with Crippen molar-refractivity contribution < 1.29 is 9.18 Å². The van der Waals surface area contributed by atoms with Gasteiger partial charge in [-0.05, 0) is 39.0 Å². The van der Waals surface area contributed by atoms with Crippen molar-refractivity contribution in [2.24, 2.45) is 7.05 Å². The molecule has 0 aliphatic rings. The maximum Gasteiger partial charge on any atom is 0.253 e. The number of aromatic nitrogens is 3. The monoisotopic (exact) mass is 326 g/mol. The standard InChI is InChI=1S/C18H19FN4O/c1-10-15(7-13-5-6-14(19)8-17(13)21-10)18(24)22-11(2)16-9-20-23(4)12(16)3/h5-9,11H,1-4H3,(H,22,24)/t11-/m1/s1. The number of amides is 1. The van der Waals surface area contributed by atoms with Crippen LogP contribution in [0.1, 0.15) is 40.3 Å². The number of hydrogen-bond acceptors (Lipinski definition) is 3. The number of hydrogen-bond donors (Lipinski definition) is 1. The van der Waals surface area contributed by atoms with E-state index in [4.69, 9.17) is 0 Å². The molecule has 124 valence electrons. The highest BCUT2D eigenvalue weighted by Crippen LogP contribution is 2.20. The van der Waals surface area contributed by atoms with Gasteiger partial charge in [0, 0.05) is 29.8 Å². The Bertz CT molecular complexity index is 932. The third-order valence-corrected chi connectivity index (χ3v) is 4.30. The number of nitrogens with one attached hydrogen (secondary N) is 1. The molecule has 2 aromatic heterocycles. The number of pyridine rings is 1. The summed E-state index contributed by atoms with van der Waals surface area (Å²) in [5, 5.41) is 7.91. The average molecular weight is 326 g/mol. The van der Waals surface area contributed by atoms with Crippen molar-refractivity contribution in [2.45, 2.75) is 26.8 Å². The Labute approximate surface area is 139 Å². The van der Waals surface area contributed by atoms with Crippen molar-refractivity contribution >= 4 is 16.8 Å². The lowest BCUT2D eigenvalue weighted by Gasteiger charge is -2.15. The molecule has 1 N–H and O–H groups in total. The van der Waals surface area contributed by atoms with E-state index in [1.165, 1.54) is 12.1 Å². The molecule has 0 fully saturated rings. The number of nitrogens with zero attached hydrogens (tertiary/aromatic N) is 3. The summed E-state index contributed by atoms with van der Waals surface area (Å²) in [5.74, 6) is -0.547. The molecule has 0 radical (unpaired) electrons. The van der Waals surface area contributed by atoms with Crippen molar-refractivity contribution in [3.63, 3.8) is 0 Å². The summed E-state index contributed by atoms with van der Waals surface area (Å²) in [7, 11) is 1.86. The molecule has 1 amide bonds. The molecule has 3 rings (SSSR count). The van der Waals surface area contributed by atoms with Crippen molar-refractivity contribution in [2.75, 3.05) is 0 Å². The van der Waals surface area contributed by atoms with E-state index in [-0.39, 0.29) is 17.8 Å². The third kappa shape index (κ3) is 2.87. The minimum Gasteiger partial charge on any atom is -0.345 e. The highest BCUT2D eigenvalue weighted by Gasteiger charge is 2.18. The van der Waals surface area contributed by atoms with Crippen molar-refractivity contribution in [1.29, 1.82) is 0 Å². The van der Waals surface area contributed by atoms with E-state index in [1.54, 1.807) is 29.9 Å². The number of carbonyl (C=O) groups is 1. The predicted molar refractivity (Wildman–Crippen MR) is 90.3 cm³/mol. The largest absolute Gasteiger partial charge is 0.345 e. The summed E-state index contributed by atoms with van der Waals surface area (Å²) < 4.78 is 15.1. The Kier molecular flexibility index (Phi) is 4.05. The topological polar surface area (TPSA) is 59.8 Å². The third-order valence-electron chi connectivity index (χ3n) is 4.30. The molecule has 0 spiro atoms. The van der Waals surface area contributed by atoms with E-state index in [0.29, 0.717) is 16.8 Å².